The highest BCUT2D eigenvalue weighted by Gasteiger charge is 2.47. The van der Waals surface area contributed by atoms with Gasteiger partial charge in [0.25, 0.3) is 0 Å². The highest BCUT2D eigenvalue weighted by molar-refractivity contribution is 6.36. The Labute approximate surface area is 197 Å². The molecule has 0 bridgehead atoms. The average molecular weight is 480 g/mol. The van der Waals surface area contributed by atoms with Gasteiger partial charge in [-0.2, -0.15) is 0 Å². The Balaban J connectivity index is 1.75. The number of likely N-dealkylation sites (N-methyl/N-ethyl adjacent to an activating group) is 1. The fourth-order valence-electron chi connectivity index (χ4n) is 4.20. The number of amides is 4. The second-order valence-corrected chi connectivity index (χ2v) is 8.84. The highest BCUT2D eigenvalue weighted by atomic mass is 35.5. The van der Waals surface area contributed by atoms with Gasteiger partial charge in [0.05, 0.1) is 11.8 Å². The summed E-state index contributed by atoms with van der Waals surface area (Å²) in [6.45, 7) is 3.86. The van der Waals surface area contributed by atoms with Gasteiger partial charge in [-0.05, 0) is 38.8 Å². The minimum absolute atomic E-state index is 0.0155. The highest BCUT2D eigenvalue weighted by Crippen LogP contribution is 2.35. The molecule has 0 spiro atoms. The lowest BCUT2D eigenvalue weighted by atomic mass is 9.85. The van der Waals surface area contributed by atoms with Gasteiger partial charge >= 0.3 is 0 Å². The molecule has 1 heterocycles. The standard InChI is InChI=1S/C23H27Cl2N3O4/c1-3-26-21(30)14(2)28(13-17-18(24)9-6-10-19(17)25)20(29)11-12-27-22(31)15-7-4-5-8-16(15)23(27)32/h4-6,9-10,14-16H,3,7-8,11-13H2,1-2H3,(H,26,30)/t14?,15-,16+. The molecule has 32 heavy (non-hydrogen) atoms. The van der Waals surface area contributed by atoms with Crippen molar-refractivity contribution >= 4 is 46.8 Å². The number of halogens is 2. The van der Waals surface area contributed by atoms with Crippen LogP contribution >= 0.6 is 23.2 Å². The van der Waals surface area contributed by atoms with Crippen LogP contribution in [0.2, 0.25) is 10.0 Å². The molecule has 3 atom stereocenters. The first-order valence-corrected chi connectivity index (χ1v) is 11.5. The predicted octanol–water partition coefficient (Wildman–Crippen LogP) is 3.19. The molecule has 3 rings (SSSR count). The zero-order chi connectivity index (χ0) is 23.4. The first-order chi connectivity index (χ1) is 15.3. The minimum atomic E-state index is -0.786. The van der Waals surface area contributed by atoms with E-state index in [9.17, 15) is 19.2 Å². The molecule has 1 aromatic carbocycles. The number of imide groups is 1. The van der Waals surface area contributed by atoms with E-state index in [1.54, 1.807) is 32.0 Å². The minimum Gasteiger partial charge on any atom is -0.355 e. The van der Waals surface area contributed by atoms with Crippen LogP contribution in [0.4, 0.5) is 0 Å². The van der Waals surface area contributed by atoms with Crippen LogP contribution in [0.5, 0.6) is 0 Å². The molecule has 1 aromatic rings. The van der Waals surface area contributed by atoms with Crippen molar-refractivity contribution in [3.05, 3.63) is 46.0 Å². The SMILES string of the molecule is CCNC(=O)C(C)N(Cc1c(Cl)cccc1Cl)C(=O)CCN1C(=O)[C@H]2CC=CC[C@H]2C1=O. The summed E-state index contributed by atoms with van der Waals surface area (Å²) in [7, 11) is 0. The fourth-order valence-corrected chi connectivity index (χ4v) is 4.72. The van der Waals surface area contributed by atoms with Crippen LogP contribution in [-0.2, 0) is 25.7 Å². The number of likely N-dealkylation sites (tertiary alicyclic amines) is 1. The Morgan fingerprint density at radius 1 is 1.12 bits per heavy atom. The molecule has 1 fully saturated rings. The van der Waals surface area contributed by atoms with Crippen LogP contribution in [-0.4, -0.2) is 52.6 Å². The third-order valence-corrected chi connectivity index (χ3v) is 6.76. The van der Waals surface area contributed by atoms with Crippen molar-refractivity contribution in [1.82, 2.24) is 15.1 Å². The van der Waals surface area contributed by atoms with E-state index in [1.807, 2.05) is 12.2 Å². The third kappa shape index (κ3) is 4.99. The summed E-state index contributed by atoms with van der Waals surface area (Å²) in [4.78, 5) is 53.6. The quantitative estimate of drug-likeness (QED) is 0.458. The molecule has 0 saturated carbocycles. The van der Waals surface area contributed by atoms with Crippen LogP contribution in [0.15, 0.2) is 30.4 Å². The lowest BCUT2D eigenvalue weighted by Gasteiger charge is -2.30. The largest absolute Gasteiger partial charge is 0.355 e. The molecule has 1 aliphatic carbocycles. The second kappa shape index (κ2) is 10.5. The van der Waals surface area contributed by atoms with Crippen LogP contribution in [0.3, 0.4) is 0 Å². The van der Waals surface area contributed by atoms with Crippen molar-refractivity contribution < 1.29 is 19.2 Å². The number of benzene rings is 1. The van der Waals surface area contributed by atoms with Gasteiger partial charge in [-0.1, -0.05) is 41.4 Å². The number of allylic oxidation sites excluding steroid dienone is 2. The van der Waals surface area contributed by atoms with E-state index in [-0.39, 0.29) is 55.0 Å². The number of hydrogen-bond acceptors (Lipinski definition) is 4. The van der Waals surface area contributed by atoms with E-state index >= 15 is 0 Å². The average Bonchev–Trinajstić information content (AvgIpc) is 3.01. The molecular weight excluding hydrogens is 453 g/mol. The lowest BCUT2D eigenvalue weighted by molar-refractivity contribution is -0.143. The predicted molar refractivity (Wildman–Crippen MR) is 122 cm³/mol. The normalized spacial score (nSPS) is 20.8. The maximum absolute atomic E-state index is 13.2. The summed E-state index contributed by atoms with van der Waals surface area (Å²) in [6, 6.07) is 4.25. The van der Waals surface area contributed by atoms with E-state index in [0.29, 0.717) is 35.0 Å². The van der Waals surface area contributed by atoms with Crippen LogP contribution in [0, 0.1) is 11.8 Å². The smallest absolute Gasteiger partial charge is 0.242 e. The molecule has 1 saturated heterocycles. The van der Waals surface area contributed by atoms with Gasteiger partial charge in [0.1, 0.15) is 6.04 Å². The van der Waals surface area contributed by atoms with E-state index in [4.69, 9.17) is 23.2 Å². The fraction of sp³-hybridized carbons (Fsp3) is 0.478. The Kier molecular flexibility index (Phi) is 7.96. The summed E-state index contributed by atoms with van der Waals surface area (Å²) >= 11 is 12.6. The molecule has 1 aliphatic heterocycles. The summed E-state index contributed by atoms with van der Waals surface area (Å²) in [5.41, 5.74) is 0.533. The number of rotatable bonds is 8. The first kappa shape index (κ1) is 24.3. The van der Waals surface area contributed by atoms with E-state index in [1.165, 1.54) is 9.80 Å². The number of nitrogens with zero attached hydrogens (tertiary/aromatic N) is 2. The molecular formula is C23H27Cl2N3O4. The van der Waals surface area contributed by atoms with Crippen molar-refractivity contribution in [3.8, 4) is 0 Å². The van der Waals surface area contributed by atoms with Crippen molar-refractivity contribution in [2.45, 2.75) is 45.7 Å². The Hall–Kier alpha value is -2.38. The molecule has 2 aliphatic rings. The number of nitrogens with one attached hydrogen (secondary N) is 1. The molecule has 0 radical (unpaired) electrons. The third-order valence-electron chi connectivity index (χ3n) is 6.06. The zero-order valence-electron chi connectivity index (χ0n) is 18.1. The van der Waals surface area contributed by atoms with Crippen LogP contribution < -0.4 is 5.32 Å². The van der Waals surface area contributed by atoms with Gasteiger partial charge < -0.3 is 10.2 Å². The molecule has 9 heteroatoms. The van der Waals surface area contributed by atoms with Crippen molar-refractivity contribution in [2.24, 2.45) is 11.8 Å². The topological polar surface area (TPSA) is 86.8 Å². The first-order valence-electron chi connectivity index (χ1n) is 10.8. The number of carbonyl (C=O) groups excluding carboxylic acids is 4. The Bertz CT molecular complexity index is 903. The summed E-state index contributed by atoms with van der Waals surface area (Å²) in [5, 5.41) is 3.49. The molecule has 7 nitrogen and oxygen atoms in total. The lowest BCUT2D eigenvalue weighted by Crippen LogP contribution is -2.48. The monoisotopic (exact) mass is 479 g/mol. The van der Waals surface area contributed by atoms with E-state index < -0.39 is 6.04 Å². The molecule has 0 aromatic heterocycles. The number of carbonyl (C=O) groups is 4. The van der Waals surface area contributed by atoms with Gasteiger partial charge in [0.15, 0.2) is 0 Å². The van der Waals surface area contributed by atoms with Gasteiger partial charge in [-0.3, -0.25) is 24.1 Å². The summed E-state index contributed by atoms with van der Waals surface area (Å²) < 4.78 is 0. The maximum atomic E-state index is 13.2. The van der Waals surface area contributed by atoms with Gasteiger partial charge in [-0.15, -0.1) is 0 Å². The number of fused-ring (bicyclic) bond motifs is 1. The summed E-state index contributed by atoms with van der Waals surface area (Å²) in [5.74, 6) is -1.81. The molecule has 172 valence electrons. The van der Waals surface area contributed by atoms with Crippen molar-refractivity contribution in [3.63, 3.8) is 0 Å². The van der Waals surface area contributed by atoms with Crippen molar-refractivity contribution in [1.29, 1.82) is 0 Å². The van der Waals surface area contributed by atoms with Gasteiger partial charge in [-0.25, -0.2) is 0 Å². The van der Waals surface area contributed by atoms with Crippen LogP contribution in [0.1, 0.15) is 38.7 Å². The zero-order valence-corrected chi connectivity index (χ0v) is 19.7. The Morgan fingerprint density at radius 3 is 2.22 bits per heavy atom. The molecule has 4 amide bonds. The van der Waals surface area contributed by atoms with Crippen LogP contribution in [0.25, 0.3) is 0 Å². The number of hydrogen-bond donors (Lipinski definition) is 1. The maximum Gasteiger partial charge on any atom is 0.242 e. The Morgan fingerprint density at radius 2 is 1.69 bits per heavy atom. The molecule has 1 unspecified atom stereocenters. The van der Waals surface area contributed by atoms with Gasteiger partial charge in [0, 0.05) is 41.7 Å². The van der Waals surface area contributed by atoms with Gasteiger partial charge in [0.2, 0.25) is 23.6 Å². The second-order valence-electron chi connectivity index (χ2n) is 8.03. The van der Waals surface area contributed by atoms with E-state index in [0.717, 1.165) is 0 Å². The van der Waals surface area contributed by atoms with Crippen molar-refractivity contribution in [2.75, 3.05) is 13.1 Å². The summed E-state index contributed by atoms with van der Waals surface area (Å²) in [6.07, 6.45) is 4.85. The van der Waals surface area contributed by atoms with E-state index in [2.05, 4.69) is 5.32 Å². The molecule has 1 N–H and O–H groups in total.